The summed E-state index contributed by atoms with van der Waals surface area (Å²) in [6.07, 6.45) is 1.69. The number of guanidine groups is 1. The first kappa shape index (κ1) is 14.8. The highest BCUT2D eigenvalue weighted by Crippen LogP contribution is 2.11. The molecular weight excluding hydrogens is 291 g/mol. The van der Waals surface area contributed by atoms with Gasteiger partial charge in [0.2, 0.25) is 0 Å². The number of hydrogen-bond donors (Lipinski definition) is 3. The van der Waals surface area contributed by atoms with Crippen LogP contribution in [0.5, 0.6) is 0 Å². The Hall–Kier alpha value is -1.30. The highest BCUT2D eigenvalue weighted by molar-refractivity contribution is 7.13. The molecule has 0 aliphatic carbocycles. The minimum Gasteiger partial charge on any atom is -0.352 e. The SMILES string of the molecule is Cl.N=C(NCc1cccc(Cl)c1)Nc1nccs1. The topological polar surface area (TPSA) is 60.8 Å². The first-order valence-corrected chi connectivity index (χ1v) is 6.23. The molecule has 0 radical (unpaired) electrons. The first-order chi connectivity index (χ1) is 8.24. The van der Waals surface area contributed by atoms with Crippen molar-refractivity contribution < 1.29 is 0 Å². The molecule has 1 aromatic heterocycles. The van der Waals surface area contributed by atoms with Gasteiger partial charge in [-0.25, -0.2) is 4.98 Å². The van der Waals surface area contributed by atoms with E-state index in [9.17, 15) is 0 Å². The zero-order valence-corrected chi connectivity index (χ0v) is 11.7. The van der Waals surface area contributed by atoms with Gasteiger partial charge >= 0.3 is 0 Å². The summed E-state index contributed by atoms with van der Waals surface area (Å²) >= 11 is 7.32. The normalized spacial score (nSPS) is 9.39. The van der Waals surface area contributed by atoms with Crippen molar-refractivity contribution in [1.29, 1.82) is 5.41 Å². The lowest BCUT2D eigenvalue weighted by atomic mass is 10.2. The Kier molecular flexibility index (Phi) is 5.91. The monoisotopic (exact) mass is 302 g/mol. The van der Waals surface area contributed by atoms with Gasteiger partial charge in [0, 0.05) is 23.1 Å². The number of anilines is 1. The van der Waals surface area contributed by atoms with Crippen LogP contribution in [-0.4, -0.2) is 10.9 Å². The van der Waals surface area contributed by atoms with Crippen LogP contribution in [0.2, 0.25) is 5.02 Å². The summed E-state index contributed by atoms with van der Waals surface area (Å²) in [6.45, 7) is 0.553. The summed E-state index contributed by atoms with van der Waals surface area (Å²) < 4.78 is 0. The Bertz CT molecular complexity index is 502. The Labute approximate surface area is 120 Å². The average molecular weight is 303 g/mol. The van der Waals surface area contributed by atoms with Crippen LogP contribution in [0.25, 0.3) is 0 Å². The van der Waals surface area contributed by atoms with Crippen LogP contribution in [0.1, 0.15) is 5.56 Å². The number of thiazole rings is 1. The molecule has 0 spiro atoms. The van der Waals surface area contributed by atoms with Crippen molar-refractivity contribution in [3.05, 3.63) is 46.4 Å². The minimum absolute atomic E-state index is 0. The molecule has 0 amide bonds. The van der Waals surface area contributed by atoms with Crippen molar-refractivity contribution in [2.45, 2.75) is 6.54 Å². The van der Waals surface area contributed by atoms with E-state index >= 15 is 0 Å². The maximum Gasteiger partial charge on any atom is 0.195 e. The molecule has 2 rings (SSSR count). The maximum atomic E-state index is 7.68. The fourth-order valence-corrected chi connectivity index (χ4v) is 2.02. The van der Waals surface area contributed by atoms with E-state index in [2.05, 4.69) is 15.6 Å². The highest BCUT2D eigenvalue weighted by atomic mass is 35.5. The van der Waals surface area contributed by atoms with Gasteiger partial charge in [0.05, 0.1) is 0 Å². The second-order valence-corrected chi connectivity index (χ2v) is 4.65. The second-order valence-electron chi connectivity index (χ2n) is 3.32. The van der Waals surface area contributed by atoms with Crippen LogP contribution < -0.4 is 10.6 Å². The molecule has 0 saturated carbocycles. The van der Waals surface area contributed by atoms with Crippen LogP contribution >= 0.6 is 35.3 Å². The van der Waals surface area contributed by atoms with Crippen molar-refractivity contribution in [3.63, 3.8) is 0 Å². The Morgan fingerprint density at radius 3 is 2.94 bits per heavy atom. The predicted molar refractivity (Wildman–Crippen MR) is 79.0 cm³/mol. The zero-order valence-electron chi connectivity index (χ0n) is 9.31. The third-order valence-corrected chi connectivity index (χ3v) is 2.95. The first-order valence-electron chi connectivity index (χ1n) is 4.97. The van der Waals surface area contributed by atoms with Crippen LogP contribution in [0.3, 0.4) is 0 Å². The predicted octanol–water partition coefficient (Wildman–Crippen LogP) is 3.35. The van der Waals surface area contributed by atoms with Crippen molar-refractivity contribution in [2.75, 3.05) is 5.32 Å². The quantitative estimate of drug-likeness (QED) is 0.602. The molecular formula is C11H12Cl2N4S. The van der Waals surface area contributed by atoms with Crippen molar-refractivity contribution in [3.8, 4) is 0 Å². The maximum absolute atomic E-state index is 7.68. The molecule has 0 unspecified atom stereocenters. The van der Waals surface area contributed by atoms with Gasteiger partial charge in [-0.1, -0.05) is 23.7 Å². The standard InChI is InChI=1S/C11H11ClN4S.ClH/c12-9-3-1-2-8(6-9)7-15-10(13)16-11-14-4-5-17-11;/h1-6H,7H2,(H3,13,14,15,16);1H. The van der Waals surface area contributed by atoms with Crippen LogP contribution in [-0.2, 0) is 6.54 Å². The number of benzene rings is 1. The highest BCUT2D eigenvalue weighted by Gasteiger charge is 2.00. The lowest BCUT2D eigenvalue weighted by Crippen LogP contribution is -2.28. The lowest BCUT2D eigenvalue weighted by molar-refractivity contribution is 0.904. The number of rotatable bonds is 3. The molecule has 2 aromatic rings. The summed E-state index contributed by atoms with van der Waals surface area (Å²) in [7, 11) is 0. The fraction of sp³-hybridized carbons (Fsp3) is 0.0909. The lowest BCUT2D eigenvalue weighted by Gasteiger charge is -2.08. The van der Waals surface area contributed by atoms with E-state index < -0.39 is 0 Å². The van der Waals surface area contributed by atoms with E-state index in [0.29, 0.717) is 16.7 Å². The van der Waals surface area contributed by atoms with E-state index in [4.69, 9.17) is 17.0 Å². The molecule has 0 aliphatic heterocycles. The summed E-state index contributed by atoms with van der Waals surface area (Å²) in [5.74, 6) is 0.222. The van der Waals surface area contributed by atoms with Crippen LogP contribution in [0, 0.1) is 5.41 Å². The molecule has 4 nitrogen and oxygen atoms in total. The molecule has 0 saturated heterocycles. The molecule has 18 heavy (non-hydrogen) atoms. The van der Waals surface area contributed by atoms with Crippen molar-refractivity contribution in [2.24, 2.45) is 0 Å². The molecule has 1 heterocycles. The Balaban J connectivity index is 0.00000162. The largest absolute Gasteiger partial charge is 0.352 e. The van der Waals surface area contributed by atoms with Gasteiger partial charge in [0.15, 0.2) is 11.1 Å². The molecule has 0 fully saturated rings. The van der Waals surface area contributed by atoms with Crippen LogP contribution in [0.4, 0.5) is 5.13 Å². The summed E-state index contributed by atoms with van der Waals surface area (Å²) in [5.41, 5.74) is 1.03. The molecule has 7 heteroatoms. The molecule has 1 aromatic carbocycles. The van der Waals surface area contributed by atoms with E-state index in [0.717, 1.165) is 5.56 Å². The third-order valence-electron chi connectivity index (χ3n) is 2.02. The fourth-order valence-electron chi connectivity index (χ4n) is 1.27. The van der Waals surface area contributed by atoms with E-state index in [1.54, 1.807) is 6.20 Å². The van der Waals surface area contributed by atoms with Gasteiger partial charge in [0.25, 0.3) is 0 Å². The molecule has 0 bridgehead atoms. The molecule has 96 valence electrons. The Morgan fingerprint density at radius 1 is 1.44 bits per heavy atom. The van der Waals surface area contributed by atoms with Gasteiger partial charge in [-0.2, -0.15) is 0 Å². The number of nitrogens with zero attached hydrogens (tertiary/aromatic N) is 1. The Morgan fingerprint density at radius 2 is 2.28 bits per heavy atom. The van der Waals surface area contributed by atoms with Gasteiger partial charge in [-0.05, 0) is 17.7 Å². The van der Waals surface area contributed by atoms with Crippen LogP contribution in [0.15, 0.2) is 35.8 Å². The number of nitrogens with one attached hydrogen (secondary N) is 3. The average Bonchev–Trinajstić information content (AvgIpc) is 2.79. The van der Waals surface area contributed by atoms with Gasteiger partial charge in [0.1, 0.15) is 0 Å². The van der Waals surface area contributed by atoms with E-state index in [1.165, 1.54) is 11.3 Å². The second kappa shape index (κ2) is 7.20. The summed E-state index contributed by atoms with van der Waals surface area (Å²) in [4.78, 5) is 4.03. The molecule has 0 aliphatic rings. The third kappa shape index (κ3) is 4.52. The molecule has 3 N–H and O–H groups in total. The number of hydrogen-bond acceptors (Lipinski definition) is 3. The smallest absolute Gasteiger partial charge is 0.195 e. The minimum atomic E-state index is 0. The summed E-state index contributed by atoms with van der Waals surface area (Å²) in [5, 5.41) is 16.7. The van der Waals surface area contributed by atoms with Crippen molar-refractivity contribution >= 4 is 46.4 Å². The van der Waals surface area contributed by atoms with Crippen molar-refractivity contribution in [1.82, 2.24) is 10.3 Å². The van der Waals surface area contributed by atoms with E-state index in [1.807, 2.05) is 29.6 Å². The van der Waals surface area contributed by atoms with Gasteiger partial charge in [-0.15, -0.1) is 23.7 Å². The van der Waals surface area contributed by atoms with Gasteiger partial charge < -0.3 is 10.6 Å². The van der Waals surface area contributed by atoms with Gasteiger partial charge in [-0.3, -0.25) is 5.41 Å². The zero-order chi connectivity index (χ0) is 12.1. The molecule has 0 atom stereocenters. The van der Waals surface area contributed by atoms with E-state index in [-0.39, 0.29) is 18.4 Å². The number of halogens is 2. The number of aromatic nitrogens is 1. The summed E-state index contributed by atoms with van der Waals surface area (Å²) in [6, 6.07) is 7.53.